The highest BCUT2D eigenvalue weighted by molar-refractivity contribution is 8.77. The molecule has 1 aromatic heterocycles. The molecule has 0 bridgehead atoms. The molecule has 17 nitrogen and oxygen atoms in total. The second kappa shape index (κ2) is 18.5. The number of aromatic nitrogens is 1. The van der Waals surface area contributed by atoms with Gasteiger partial charge in [-0.15, -0.1) is 0 Å². The van der Waals surface area contributed by atoms with Gasteiger partial charge in [-0.25, -0.2) is 14.7 Å². The summed E-state index contributed by atoms with van der Waals surface area (Å²) in [5, 5.41) is 23.5. The van der Waals surface area contributed by atoms with Crippen LogP contribution in [-0.4, -0.2) is 119 Å². The summed E-state index contributed by atoms with van der Waals surface area (Å²) in [6.07, 6.45) is 6.19. The number of unbranched alkanes of at least 4 members (excludes halogenated alkanes) is 2. The summed E-state index contributed by atoms with van der Waals surface area (Å²) in [6.45, 7) is 9.48. The number of nitro groups is 1. The Balaban J connectivity index is 0.912. The fourth-order valence-electron chi connectivity index (χ4n) is 8.28. The predicted molar refractivity (Wildman–Crippen MR) is 237 cm³/mol. The van der Waals surface area contributed by atoms with Crippen molar-refractivity contribution >= 4 is 62.8 Å². The van der Waals surface area contributed by atoms with Crippen LogP contribution in [0.15, 0.2) is 76.9 Å². The molecule has 19 heteroatoms. The monoisotopic (exact) mass is 900 g/mol. The topological polar surface area (TPSA) is 196 Å². The van der Waals surface area contributed by atoms with Crippen molar-refractivity contribution in [3.8, 4) is 23.0 Å². The second-order valence-corrected chi connectivity index (χ2v) is 18.8. The second-order valence-electron chi connectivity index (χ2n) is 16.1. The number of aliphatic imine (C=N–C) groups is 1. The third kappa shape index (κ3) is 9.04. The van der Waals surface area contributed by atoms with E-state index in [1.165, 1.54) is 59.0 Å². The number of pyridine rings is 1. The summed E-state index contributed by atoms with van der Waals surface area (Å²) >= 11 is 0. The lowest BCUT2D eigenvalue weighted by Gasteiger charge is -2.40. The van der Waals surface area contributed by atoms with E-state index in [-0.39, 0.29) is 66.1 Å². The van der Waals surface area contributed by atoms with Gasteiger partial charge < -0.3 is 38.6 Å². The van der Waals surface area contributed by atoms with Gasteiger partial charge in [0, 0.05) is 37.5 Å². The number of anilines is 1. The van der Waals surface area contributed by atoms with Crippen molar-refractivity contribution in [2.75, 3.05) is 52.0 Å². The Hall–Kier alpha value is -5.79. The normalized spacial score (nSPS) is 20.8. The zero-order valence-electron chi connectivity index (χ0n) is 35.0. The van der Waals surface area contributed by atoms with Crippen LogP contribution in [-0.2, 0) is 4.74 Å². The van der Waals surface area contributed by atoms with Crippen molar-refractivity contribution in [3.63, 3.8) is 0 Å². The SMILES string of the molecule is C=C1C[C@H]2C=Nc3cc(OCCCCCOc4cc5c(cc4OC)C(=O)N4CC(=C)C[C@H]4[C@H](O)N5C(=O)OCC4(SSc5ccc([N+](=O)[O-])cn5)CCC4)c(OC)cc3C(=O)N2C1. The summed E-state index contributed by atoms with van der Waals surface area (Å²) in [6, 6.07) is 8.59. The van der Waals surface area contributed by atoms with Crippen LogP contribution in [0.3, 0.4) is 0 Å². The van der Waals surface area contributed by atoms with E-state index in [0.717, 1.165) is 41.7 Å². The van der Waals surface area contributed by atoms with Crippen molar-refractivity contribution in [1.29, 1.82) is 0 Å². The number of benzene rings is 2. The molecule has 0 spiro atoms. The highest BCUT2D eigenvalue weighted by Crippen LogP contribution is 2.52. The average molecular weight is 901 g/mol. The number of rotatable bonds is 16. The standard InChI is InChI=1S/C44H48N6O11S2/c1-26-15-29-22-45-32-19-37(35(57-3)17-30(32)40(51)47(29)23-26)59-13-6-5-7-14-60-38-20-33-31(18-36(38)58-4)41(52)48-24-27(2)16-34(48)42(53)49(33)43(54)61-25-44(11-8-12-44)63-62-39-10-9-28(21-46-39)50(55)56/h9-10,17-22,29,34,42,53H,1-2,5-8,11-16,23-25H2,3-4H3/t29-,34-,42-/m0/s1. The van der Waals surface area contributed by atoms with Crippen molar-refractivity contribution < 1.29 is 48.1 Å². The van der Waals surface area contributed by atoms with Crippen molar-refractivity contribution in [2.24, 2.45) is 4.99 Å². The van der Waals surface area contributed by atoms with Gasteiger partial charge in [-0.3, -0.25) is 24.7 Å². The molecule has 63 heavy (non-hydrogen) atoms. The van der Waals surface area contributed by atoms with E-state index < -0.39 is 28.0 Å². The third-order valence-corrected chi connectivity index (χ3v) is 15.0. The number of aliphatic hydroxyl groups is 1. The molecule has 3 aromatic rings. The van der Waals surface area contributed by atoms with Gasteiger partial charge in [0.15, 0.2) is 29.2 Å². The van der Waals surface area contributed by atoms with Gasteiger partial charge in [-0.1, -0.05) is 41.5 Å². The number of fused-ring (bicyclic) bond motifs is 4. The molecule has 3 fully saturated rings. The number of carbonyl (C=O) groups excluding carboxylic acids is 3. The van der Waals surface area contributed by atoms with Gasteiger partial charge in [-0.05, 0) is 73.9 Å². The maximum atomic E-state index is 14.2. The Bertz CT molecular complexity index is 2360. The predicted octanol–water partition coefficient (Wildman–Crippen LogP) is 7.53. The molecule has 4 aliphatic heterocycles. The minimum Gasteiger partial charge on any atom is -0.493 e. The summed E-state index contributed by atoms with van der Waals surface area (Å²) < 4.78 is 29.1. The molecule has 332 valence electrons. The maximum absolute atomic E-state index is 14.2. The zero-order valence-corrected chi connectivity index (χ0v) is 36.6. The molecule has 2 aromatic carbocycles. The van der Waals surface area contributed by atoms with Gasteiger partial charge >= 0.3 is 6.09 Å². The molecule has 3 amide bonds. The van der Waals surface area contributed by atoms with Crippen LogP contribution >= 0.6 is 21.6 Å². The fraction of sp³-hybridized carbons (Fsp3) is 0.432. The number of amides is 3. The molecule has 1 saturated carbocycles. The summed E-state index contributed by atoms with van der Waals surface area (Å²) in [4.78, 5) is 65.3. The lowest BCUT2D eigenvalue weighted by Crippen LogP contribution is -2.51. The van der Waals surface area contributed by atoms with E-state index in [1.54, 1.807) is 35.4 Å². The van der Waals surface area contributed by atoms with Crippen LogP contribution in [0.1, 0.15) is 72.1 Å². The van der Waals surface area contributed by atoms with E-state index >= 15 is 0 Å². The molecule has 3 atom stereocenters. The number of aliphatic hydroxyl groups excluding tert-OH is 1. The Kier molecular flexibility index (Phi) is 12.9. The van der Waals surface area contributed by atoms with Crippen LogP contribution in [0.25, 0.3) is 0 Å². The Morgan fingerprint density at radius 3 is 2.24 bits per heavy atom. The molecule has 0 radical (unpaired) electrons. The summed E-state index contributed by atoms with van der Waals surface area (Å²) in [5.74, 6) is 0.993. The number of nitrogens with zero attached hydrogens (tertiary/aromatic N) is 6. The highest BCUT2D eigenvalue weighted by Gasteiger charge is 2.47. The zero-order chi connectivity index (χ0) is 44.4. The smallest absolute Gasteiger partial charge is 0.416 e. The van der Waals surface area contributed by atoms with Crippen molar-refractivity contribution in [2.45, 2.75) is 79.5 Å². The number of carbonyl (C=O) groups is 3. The highest BCUT2D eigenvalue weighted by atomic mass is 33.1. The van der Waals surface area contributed by atoms with Crippen LogP contribution in [0.2, 0.25) is 0 Å². The first-order valence-electron chi connectivity index (χ1n) is 20.7. The van der Waals surface area contributed by atoms with Crippen LogP contribution < -0.4 is 23.8 Å². The quantitative estimate of drug-likeness (QED) is 0.0487. The van der Waals surface area contributed by atoms with Gasteiger partial charge in [0.25, 0.3) is 17.5 Å². The molecule has 5 aliphatic rings. The summed E-state index contributed by atoms with van der Waals surface area (Å²) in [5.41, 5.74) is 2.90. The minimum atomic E-state index is -1.45. The van der Waals surface area contributed by atoms with Gasteiger partial charge in [0.1, 0.15) is 17.8 Å². The number of hydrogen-bond acceptors (Lipinski definition) is 15. The van der Waals surface area contributed by atoms with Crippen LogP contribution in [0.5, 0.6) is 23.0 Å². The van der Waals surface area contributed by atoms with Crippen molar-refractivity contribution in [1.82, 2.24) is 14.8 Å². The molecular weight excluding hydrogens is 853 g/mol. The third-order valence-electron chi connectivity index (χ3n) is 11.8. The number of methoxy groups -OCH3 is 2. The Morgan fingerprint density at radius 1 is 0.921 bits per heavy atom. The van der Waals surface area contributed by atoms with Crippen LogP contribution in [0.4, 0.5) is 21.9 Å². The number of hydrogen-bond donors (Lipinski definition) is 1. The van der Waals surface area contributed by atoms with E-state index in [0.29, 0.717) is 66.6 Å². The molecule has 5 heterocycles. The first-order valence-corrected chi connectivity index (χ1v) is 22.8. The first-order chi connectivity index (χ1) is 30.4. The van der Waals surface area contributed by atoms with E-state index in [9.17, 15) is 29.6 Å². The average Bonchev–Trinajstić information content (AvgIpc) is 3.80. The summed E-state index contributed by atoms with van der Waals surface area (Å²) in [7, 11) is 5.83. The lowest BCUT2D eigenvalue weighted by molar-refractivity contribution is -0.385. The Labute approximate surface area is 372 Å². The molecule has 0 unspecified atom stereocenters. The molecule has 2 saturated heterocycles. The van der Waals surface area contributed by atoms with Gasteiger partial charge in [-0.2, -0.15) is 0 Å². The maximum Gasteiger partial charge on any atom is 0.416 e. The minimum absolute atomic E-state index is 0.0239. The molecule has 1 N–H and O–H groups in total. The van der Waals surface area contributed by atoms with Gasteiger partial charge in [0.2, 0.25) is 0 Å². The van der Waals surface area contributed by atoms with Crippen molar-refractivity contribution in [3.05, 3.63) is 88.1 Å². The molecular formula is C44H48N6O11S2. The fourth-order valence-corrected chi connectivity index (χ4v) is 11.1. The number of ether oxygens (including phenoxy) is 5. The Morgan fingerprint density at radius 2 is 1.59 bits per heavy atom. The largest absolute Gasteiger partial charge is 0.493 e. The van der Waals surface area contributed by atoms with Gasteiger partial charge in [0.05, 0.1) is 71.7 Å². The van der Waals surface area contributed by atoms with E-state index in [4.69, 9.17) is 23.7 Å². The molecule has 8 rings (SSSR count). The lowest BCUT2D eigenvalue weighted by atomic mass is 9.85. The van der Waals surface area contributed by atoms with Crippen LogP contribution in [0, 0.1) is 10.1 Å². The molecule has 1 aliphatic carbocycles. The van der Waals surface area contributed by atoms with E-state index in [2.05, 4.69) is 23.1 Å². The first kappa shape index (κ1) is 43.8. The van der Waals surface area contributed by atoms with E-state index in [1.807, 2.05) is 0 Å².